The van der Waals surface area contributed by atoms with Crippen LogP contribution in [0, 0.1) is 5.82 Å². The first kappa shape index (κ1) is 30.4. The van der Waals surface area contributed by atoms with E-state index in [1.165, 1.54) is 25.4 Å². The van der Waals surface area contributed by atoms with Crippen molar-refractivity contribution in [3.8, 4) is 17.2 Å². The molecule has 10 nitrogen and oxygen atoms in total. The van der Waals surface area contributed by atoms with Gasteiger partial charge in [0, 0.05) is 35.9 Å². The molecule has 1 aliphatic rings. The molecule has 226 valence electrons. The van der Waals surface area contributed by atoms with E-state index in [2.05, 4.69) is 26.3 Å². The van der Waals surface area contributed by atoms with Crippen molar-refractivity contribution in [1.29, 1.82) is 0 Å². The molecule has 4 N–H and O–H groups in total. The molecule has 12 heteroatoms. The first-order chi connectivity index (χ1) is 21.3. The van der Waals surface area contributed by atoms with Crippen molar-refractivity contribution >= 4 is 51.6 Å². The zero-order valence-corrected chi connectivity index (χ0v) is 24.6. The number of aromatic nitrogens is 1. The predicted molar refractivity (Wildman–Crippen MR) is 167 cm³/mol. The lowest BCUT2D eigenvalue weighted by molar-refractivity contribution is -0.122. The molecule has 0 radical (unpaired) electrons. The molecule has 5 rings (SSSR count). The third-order valence-corrected chi connectivity index (χ3v) is 7.18. The number of halogens is 1. The molecule has 44 heavy (non-hydrogen) atoms. The summed E-state index contributed by atoms with van der Waals surface area (Å²) >= 11 is 5.21. The second-order valence-electron chi connectivity index (χ2n) is 10.1. The topological polar surface area (TPSA) is 131 Å². The second-order valence-corrected chi connectivity index (χ2v) is 10.5. The van der Waals surface area contributed by atoms with Gasteiger partial charge in [0.2, 0.25) is 11.8 Å². The van der Waals surface area contributed by atoms with Gasteiger partial charge in [-0.1, -0.05) is 30.3 Å². The summed E-state index contributed by atoms with van der Waals surface area (Å²) in [6.45, 7) is 0.572. The minimum atomic E-state index is -0.691. The van der Waals surface area contributed by atoms with Crippen LogP contribution in [-0.4, -0.2) is 47.5 Å². The number of nitrogens with one attached hydrogen (secondary N) is 4. The Morgan fingerprint density at radius 3 is 2.64 bits per heavy atom. The highest BCUT2D eigenvalue weighted by atomic mass is 32.1. The monoisotopic (exact) mass is 615 g/mol. The number of thiocarbonyl (C=S) groups is 1. The van der Waals surface area contributed by atoms with Crippen LogP contribution in [0.2, 0.25) is 0 Å². The van der Waals surface area contributed by atoms with Gasteiger partial charge < -0.3 is 30.7 Å². The molecule has 0 bridgehead atoms. The zero-order valence-electron chi connectivity index (χ0n) is 23.8. The van der Waals surface area contributed by atoms with Crippen molar-refractivity contribution < 1.29 is 28.2 Å². The van der Waals surface area contributed by atoms with Gasteiger partial charge in [-0.05, 0) is 61.3 Å². The Bertz CT molecular complexity index is 1720. The summed E-state index contributed by atoms with van der Waals surface area (Å²) in [5.74, 6) is -1.28. The lowest BCUT2D eigenvalue weighted by atomic mass is 10.1. The van der Waals surface area contributed by atoms with Gasteiger partial charge >= 0.3 is 0 Å². The molecule has 1 aromatic heterocycles. The Balaban J connectivity index is 1.30. The van der Waals surface area contributed by atoms with Crippen LogP contribution in [0.15, 0.2) is 72.9 Å². The van der Waals surface area contributed by atoms with Crippen LogP contribution in [-0.2, 0) is 16.0 Å². The first-order valence-corrected chi connectivity index (χ1v) is 14.4. The summed E-state index contributed by atoms with van der Waals surface area (Å²) in [6.07, 6.45) is 3.81. The van der Waals surface area contributed by atoms with Crippen molar-refractivity contribution in [3.63, 3.8) is 0 Å². The normalized spacial score (nSPS) is 14.6. The lowest BCUT2D eigenvalue weighted by Gasteiger charge is -2.17. The number of carbonyl (C=O) groups is 3. The number of benzene rings is 3. The summed E-state index contributed by atoms with van der Waals surface area (Å²) in [4.78, 5) is 42.3. The predicted octanol–water partition coefficient (Wildman–Crippen LogP) is 4.63. The molecule has 1 fully saturated rings. The molecule has 0 saturated carbocycles. The molecule has 2 heterocycles. The largest absolute Gasteiger partial charge is 0.496 e. The van der Waals surface area contributed by atoms with Crippen molar-refractivity contribution in [2.45, 2.75) is 31.7 Å². The first-order valence-electron chi connectivity index (χ1n) is 14.0. The van der Waals surface area contributed by atoms with E-state index in [1.807, 2.05) is 30.3 Å². The maximum atomic E-state index is 15.2. The van der Waals surface area contributed by atoms with Crippen LogP contribution >= 0.6 is 12.2 Å². The molecule has 4 aromatic rings. The molecule has 1 atom stereocenters. The minimum absolute atomic E-state index is 0.0280. The number of hydrogen-bond donors (Lipinski definition) is 4. The summed E-state index contributed by atoms with van der Waals surface area (Å²) in [7, 11) is 1.43. The van der Waals surface area contributed by atoms with E-state index in [9.17, 15) is 14.4 Å². The van der Waals surface area contributed by atoms with Crippen molar-refractivity contribution in [3.05, 3.63) is 89.9 Å². The van der Waals surface area contributed by atoms with Crippen molar-refractivity contribution in [1.82, 2.24) is 20.9 Å². The molecule has 1 aliphatic heterocycles. The number of ether oxygens (including phenoxy) is 2. The Morgan fingerprint density at radius 1 is 1.05 bits per heavy atom. The van der Waals surface area contributed by atoms with Crippen LogP contribution in [0.5, 0.6) is 17.2 Å². The molecular formula is C32H30FN5O5S. The van der Waals surface area contributed by atoms with Crippen LogP contribution in [0.4, 0.5) is 10.1 Å². The van der Waals surface area contributed by atoms with Gasteiger partial charge in [0.15, 0.2) is 16.7 Å². The van der Waals surface area contributed by atoms with Gasteiger partial charge in [-0.25, -0.2) is 4.39 Å². The number of methoxy groups -OCH3 is 1. The molecule has 1 unspecified atom stereocenters. The molecule has 0 aliphatic carbocycles. The fourth-order valence-corrected chi connectivity index (χ4v) is 5.02. The van der Waals surface area contributed by atoms with Gasteiger partial charge in [-0.3, -0.25) is 19.4 Å². The molecule has 0 spiro atoms. The summed E-state index contributed by atoms with van der Waals surface area (Å²) in [6, 6.07) is 17.4. The van der Waals surface area contributed by atoms with Crippen LogP contribution in [0.1, 0.15) is 35.2 Å². The second kappa shape index (κ2) is 13.9. The van der Waals surface area contributed by atoms with Gasteiger partial charge in [0.25, 0.3) is 5.91 Å². The molecule has 3 amide bonds. The minimum Gasteiger partial charge on any atom is -0.496 e. The summed E-state index contributed by atoms with van der Waals surface area (Å²) < 4.78 is 26.5. The van der Waals surface area contributed by atoms with Crippen LogP contribution in [0.25, 0.3) is 10.9 Å². The highest BCUT2D eigenvalue weighted by molar-refractivity contribution is 7.80. The SMILES string of the molecule is COc1cc2nccc(Oc3ccc(NC(=S)NC(=O)Cc4ccccc4)cc3F)c2cc1C(=O)NC1CCCCNC1=O. The summed E-state index contributed by atoms with van der Waals surface area (Å²) in [5, 5.41) is 11.4. The number of carbonyl (C=O) groups excluding carboxylic acids is 3. The Kier molecular flexibility index (Phi) is 9.60. The maximum Gasteiger partial charge on any atom is 0.255 e. The molecular weight excluding hydrogens is 585 g/mol. The third-order valence-electron chi connectivity index (χ3n) is 6.98. The standard InChI is InChI=1S/C32H30FN5O5S/c1-42-28-18-25-21(17-22(28)30(40)37-24-9-5-6-13-35-31(24)41)26(12-14-34-25)43-27-11-10-20(16-23(27)33)36-32(44)38-29(39)15-19-7-3-2-4-8-19/h2-4,7-8,10-12,14,16-18,24H,5-6,9,13,15H2,1H3,(H,35,41)(H,37,40)(H2,36,38,39,44). The smallest absolute Gasteiger partial charge is 0.255 e. The van der Waals surface area contributed by atoms with E-state index in [0.29, 0.717) is 29.6 Å². The fraction of sp³-hybridized carbons (Fsp3) is 0.219. The third kappa shape index (κ3) is 7.45. The number of hydrogen-bond acceptors (Lipinski definition) is 7. The van der Waals surface area contributed by atoms with E-state index in [0.717, 1.165) is 18.4 Å². The van der Waals surface area contributed by atoms with E-state index in [4.69, 9.17) is 21.7 Å². The average Bonchev–Trinajstić information content (AvgIpc) is 3.21. The Hall–Kier alpha value is -5.10. The van der Waals surface area contributed by atoms with E-state index >= 15 is 4.39 Å². The van der Waals surface area contributed by atoms with Crippen LogP contribution < -0.4 is 30.7 Å². The highest BCUT2D eigenvalue weighted by Crippen LogP contribution is 2.34. The fourth-order valence-electron chi connectivity index (χ4n) is 4.79. The number of amides is 3. The summed E-state index contributed by atoms with van der Waals surface area (Å²) in [5.41, 5.74) is 1.78. The number of rotatable bonds is 8. The molecule has 3 aromatic carbocycles. The van der Waals surface area contributed by atoms with Crippen molar-refractivity contribution in [2.24, 2.45) is 0 Å². The highest BCUT2D eigenvalue weighted by Gasteiger charge is 2.25. The van der Waals surface area contributed by atoms with Gasteiger partial charge in [-0.2, -0.15) is 0 Å². The Morgan fingerprint density at radius 2 is 1.86 bits per heavy atom. The van der Waals surface area contributed by atoms with E-state index in [1.54, 1.807) is 24.3 Å². The number of nitrogens with zero attached hydrogens (tertiary/aromatic N) is 1. The van der Waals surface area contributed by atoms with E-state index < -0.39 is 17.8 Å². The van der Waals surface area contributed by atoms with Gasteiger partial charge in [0.05, 0.1) is 24.6 Å². The molecule has 1 saturated heterocycles. The lowest BCUT2D eigenvalue weighted by Crippen LogP contribution is -2.45. The van der Waals surface area contributed by atoms with Gasteiger partial charge in [-0.15, -0.1) is 0 Å². The maximum absolute atomic E-state index is 15.2. The number of fused-ring (bicyclic) bond motifs is 1. The Labute approximate surface area is 258 Å². The zero-order chi connectivity index (χ0) is 31.1. The van der Waals surface area contributed by atoms with Crippen molar-refractivity contribution in [2.75, 3.05) is 19.0 Å². The van der Waals surface area contributed by atoms with Gasteiger partial charge in [0.1, 0.15) is 17.5 Å². The number of anilines is 1. The van der Waals surface area contributed by atoms with E-state index in [-0.39, 0.29) is 46.2 Å². The quantitative estimate of drug-likeness (QED) is 0.211. The number of pyridine rings is 1. The van der Waals surface area contributed by atoms with Crippen LogP contribution in [0.3, 0.4) is 0 Å². The average molecular weight is 616 g/mol.